The maximum absolute atomic E-state index is 12.5. The number of fused-ring (bicyclic) bond motifs is 1. The molecule has 0 saturated carbocycles. The van der Waals surface area contributed by atoms with Crippen LogP contribution in [0.1, 0.15) is 35.7 Å². The summed E-state index contributed by atoms with van der Waals surface area (Å²) in [5, 5.41) is 4.10. The summed E-state index contributed by atoms with van der Waals surface area (Å²) in [5.41, 5.74) is 2.92. The van der Waals surface area contributed by atoms with Gasteiger partial charge < -0.3 is 10.2 Å². The van der Waals surface area contributed by atoms with E-state index in [1.165, 1.54) is 18.4 Å². The first-order valence-electron chi connectivity index (χ1n) is 9.67. The number of nitrogens with one attached hydrogen (secondary N) is 1. The summed E-state index contributed by atoms with van der Waals surface area (Å²) >= 11 is 1.69. The number of rotatable bonds is 5. The lowest BCUT2D eigenvalue weighted by Crippen LogP contribution is -2.32. The van der Waals surface area contributed by atoms with Crippen LogP contribution in [0.3, 0.4) is 0 Å². The van der Waals surface area contributed by atoms with Crippen molar-refractivity contribution in [1.82, 2.24) is 10.3 Å². The normalized spacial score (nSPS) is 15.2. The molecule has 1 aromatic heterocycles. The molecule has 0 aliphatic carbocycles. The highest BCUT2D eigenvalue weighted by atomic mass is 32.1. The van der Waals surface area contributed by atoms with Gasteiger partial charge in [-0.05, 0) is 48.9 Å². The average Bonchev–Trinajstić information content (AvgIpc) is 3.12. The van der Waals surface area contributed by atoms with E-state index in [1.807, 2.05) is 36.4 Å². The third-order valence-electron chi connectivity index (χ3n) is 5.24. The van der Waals surface area contributed by atoms with Gasteiger partial charge in [0, 0.05) is 25.2 Å². The summed E-state index contributed by atoms with van der Waals surface area (Å²) in [6.45, 7) is 5.11. The van der Waals surface area contributed by atoms with Crippen LogP contribution in [-0.4, -0.2) is 30.5 Å². The Morgan fingerprint density at radius 2 is 1.96 bits per heavy atom. The fourth-order valence-corrected chi connectivity index (χ4v) is 4.51. The van der Waals surface area contributed by atoms with Gasteiger partial charge in [-0.15, -0.1) is 0 Å². The number of amides is 1. The molecule has 0 unspecified atom stereocenters. The van der Waals surface area contributed by atoms with Gasteiger partial charge in [0.05, 0.1) is 10.2 Å². The fourth-order valence-electron chi connectivity index (χ4n) is 3.46. The minimum absolute atomic E-state index is 0.0189. The Labute approximate surface area is 164 Å². The van der Waals surface area contributed by atoms with Gasteiger partial charge in [-0.3, -0.25) is 4.79 Å². The summed E-state index contributed by atoms with van der Waals surface area (Å²) in [5.74, 6) is 0.788. The number of hydrogen-bond acceptors (Lipinski definition) is 4. The Morgan fingerprint density at radius 1 is 1.19 bits per heavy atom. The number of piperidine rings is 1. The monoisotopic (exact) mass is 379 g/mol. The van der Waals surface area contributed by atoms with Crippen LogP contribution in [-0.2, 0) is 6.42 Å². The van der Waals surface area contributed by atoms with Crippen molar-refractivity contribution in [1.29, 1.82) is 0 Å². The van der Waals surface area contributed by atoms with Gasteiger partial charge in [-0.2, -0.15) is 0 Å². The van der Waals surface area contributed by atoms with Crippen molar-refractivity contribution >= 4 is 32.6 Å². The van der Waals surface area contributed by atoms with Crippen molar-refractivity contribution in [2.75, 3.05) is 24.5 Å². The van der Waals surface area contributed by atoms with Crippen LogP contribution < -0.4 is 10.2 Å². The molecule has 1 saturated heterocycles. The summed E-state index contributed by atoms with van der Waals surface area (Å²) in [4.78, 5) is 19.6. The molecule has 140 valence electrons. The molecule has 2 aromatic carbocycles. The van der Waals surface area contributed by atoms with E-state index < -0.39 is 0 Å². The molecule has 3 aromatic rings. The largest absolute Gasteiger partial charge is 0.352 e. The van der Waals surface area contributed by atoms with E-state index in [2.05, 4.69) is 29.3 Å². The highest BCUT2D eigenvalue weighted by molar-refractivity contribution is 7.22. The Morgan fingerprint density at radius 3 is 2.74 bits per heavy atom. The third-order valence-corrected chi connectivity index (χ3v) is 6.31. The second-order valence-corrected chi connectivity index (χ2v) is 8.35. The first-order chi connectivity index (χ1) is 13.2. The van der Waals surface area contributed by atoms with E-state index in [0.717, 1.165) is 40.8 Å². The number of carbonyl (C=O) groups is 1. The van der Waals surface area contributed by atoms with Crippen molar-refractivity contribution in [2.45, 2.75) is 26.2 Å². The minimum atomic E-state index is -0.0189. The smallest absolute Gasteiger partial charge is 0.251 e. The molecule has 1 aliphatic heterocycles. The van der Waals surface area contributed by atoms with Crippen molar-refractivity contribution in [3.8, 4) is 0 Å². The highest BCUT2D eigenvalue weighted by Crippen LogP contribution is 2.32. The zero-order valence-corrected chi connectivity index (χ0v) is 16.5. The third kappa shape index (κ3) is 4.30. The molecule has 27 heavy (non-hydrogen) atoms. The van der Waals surface area contributed by atoms with E-state index >= 15 is 0 Å². The van der Waals surface area contributed by atoms with Crippen LogP contribution in [0.25, 0.3) is 10.2 Å². The fraction of sp³-hybridized carbons (Fsp3) is 0.364. The molecule has 0 bridgehead atoms. The Balaban J connectivity index is 1.41. The van der Waals surface area contributed by atoms with Crippen LogP contribution in [0.5, 0.6) is 0 Å². The van der Waals surface area contributed by atoms with Gasteiger partial charge in [-0.25, -0.2) is 4.98 Å². The lowest BCUT2D eigenvalue weighted by atomic mass is 10.00. The quantitative estimate of drug-likeness (QED) is 0.710. The van der Waals surface area contributed by atoms with Gasteiger partial charge in [0.15, 0.2) is 5.13 Å². The minimum Gasteiger partial charge on any atom is -0.352 e. The van der Waals surface area contributed by atoms with E-state index in [1.54, 1.807) is 11.3 Å². The van der Waals surface area contributed by atoms with E-state index in [9.17, 15) is 4.79 Å². The molecule has 4 rings (SSSR count). The standard InChI is InChI=1S/C22H25N3OS/c1-16-10-13-25(14-11-16)22-24-19-8-7-18(15-20(19)27-22)21(26)23-12-9-17-5-3-2-4-6-17/h2-8,15-16H,9-14H2,1H3,(H,23,26). The predicted octanol–water partition coefficient (Wildman–Crippen LogP) is 4.51. The topological polar surface area (TPSA) is 45.2 Å². The van der Waals surface area contributed by atoms with Crippen LogP contribution in [0.4, 0.5) is 5.13 Å². The Bertz CT molecular complexity index is 914. The molecule has 5 heteroatoms. The first kappa shape index (κ1) is 18.0. The molecular weight excluding hydrogens is 354 g/mol. The maximum atomic E-state index is 12.5. The summed E-state index contributed by atoms with van der Waals surface area (Å²) in [7, 11) is 0. The summed E-state index contributed by atoms with van der Waals surface area (Å²) in [6.07, 6.45) is 3.29. The van der Waals surface area contributed by atoms with Crippen LogP contribution >= 0.6 is 11.3 Å². The van der Waals surface area contributed by atoms with E-state index in [-0.39, 0.29) is 5.91 Å². The van der Waals surface area contributed by atoms with Crippen molar-refractivity contribution in [3.05, 3.63) is 59.7 Å². The van der Waals surface area contributed by atoms with Crippen molar-refractivity contribution < 1.29 is 4.79 Å². The highest BCUT2D eigenvalue weighted by Gasteiger charge is 2.19. The number of carbonyl (C=O) groups excluding carboxylic acids is 1. The second-order valence-electron chi connectivity index (χ2n) is 7.34. The molecule has 4 nitrogen and oxygen atoms in total. The van der Waals surface area contributed by atoms with Crippen LogP contribution in [0.2, 0.25) is 0 Å². The summed E-state index contributed by atoms with van der Waals surface area (Å²) in [6, 6.07) is 16.0. The number of benzene rings is 2. The van der Waals surface area contributed by atoms with Gasteiger partial charge in [-0.1, -0.05) is 48.6 Å². The molecule has 0 radical (unpaired) electrons. The summed E-state index contributed by atoms with van der Waals surface area (Å²) < 4.78 is 1.08. The average molecular weight is 380 g/mol. The number of anilines is 1. The van der Waals surface area contributed by atoms with Gasteiger partial charge in [0.1, 0.15) is 0 Å². The van der Waals surface area contributed by atoms with Crippen molar-refractivity contribution in [3.63, 3.8) is 0 Å². The zero-order chi connectivity index (χ0) is 18.6. The first-order valence-corrected chi connectivity index (χ1v) is 10.5. The molecule has 1 fully saturated rings. The maximum Gasteiger partial charge on any atom is 0.251 e. The lowest BCUT2D eigenvalue weighted by Gasteiger charge is -2.29. The van der Waals surface area contributed by atoms with Crippen LogP contribution in [0.15, 0.2) is 48.5 Å². The Kier molecular flexibility index (Phi) is 5.39. The van der Waals surface area contributed by atoms with Gasteiger partial charge in [0.2, 0.25) is 0 Å². The molecule has 0 spiro atoms. The second kappa shape index (κ2) is 8.09. The molecule has 2 heterocycles. The zero-order valence-electron chi connectivity index (χ0n) is 15.6. The predicted molar refractivity (Wildman–Crippen MR) is 113 cm³/mol. The Hall–Kier alpha value is -2.40. The SMILES string of the molecule is CC1CCN(c2nc3ccc(C(=O)NCCc4ccccc4)cc3s2)CC1. The molecule has 0 atom stereocenters. The number of aromatic nitrogens is 1. The van der Waals surface area contributed by atoms with Gasteiger partial charge in [0.25, 0.3) is 5.91 Å². The molecule has 1 N–H and O–H groups in total. The van der Waals surface area contributed by atoms with E-state index in [4.69, 9.17) is 4.98 Å². The number of nitrogens with zero attached hydrogens (tertiary/aromatic N) is 2. The molecular formula is C22H25N3OS. The number of hydrogen-bond donors (Lipinski definition) is 1. The van der Waals surface area contributed by atoms with E-state index in [0.29, 0.717) is 12.1 Å². The number of thiazole rings is 1. The van der Waals surface area contributed by atoms with Gasteiger partial charge >= 0.3 is 0 Å². The molecule has 1 aliphatic rings. The molecule has 1 amide bonds. The van der Waals surface area contributed by atoms with Crippen molar-refractivity contribution in [2.24, 2.45) is 5.92 Å². The van der Waals surface area contributed by atoms with Crippen LogP contribution in [0, 0.1) is 5.92 Å². The lowest BCUT2D eigenvalue weighted by molar-refractivity contribution is 0.0954.